The van der Waals surface area contributed by atoms with Crippen molar-refractivity contribution < 1.29 is 14.4 Å². The van der Waals surface area contributed by atoms with Gasteiger partial charge < -0.3 is 26.3 Å². The van der Waals surface area contributed by atoms with Crippen LogP contribution in [0.25, 0.3) is 10.9 Å². The Morgan fingerprint density at radius 3 is 2.68 bits per heavy atom. The van der Waals surface area contributed by atoms with Gasteiger partial charge in [-0.25, -0.2) is 4.79 Å². The number of hydrogen-bond donors (Lipinski definition) is 4. The van der Waals surface area contributed by atoms with Crippen LogP contribution in [-0.4, -0.2) is 65.5 Å². The molecule has 4 amide bonds. The van der Waals surface area contributed by atoms with E-state index in [4.69, 9.17) is 5.73 Å². The van der Waals surface area contributed by atoms with Crippen LogP contribution in [-0.2, 0) is 22.4 Å². The van der Waals surface area contributed by atoms with E-state index in [9.17, 15) is 14.4 Å². The van der Waals surface area contributed by atoms with Crippen molar-refractivity contribution in [1.82, 2.24) is 20.5 Å². The molecule has 1 spiro atoms. The summed E-state index contributed by atoms with van der Waals surface area (Å²) in [7, 11) is 1.71. The number of carbonyl (C=O) groups excluding carboxylic acids is 3. The minimum absolute atomic E-state index is 0.151. The van der Waals surface area contributed by atoms with Crippen molar-refractivity contribution in [2.24, 2.45) is 5.73 Å². The van der Waals surface area contributed by atoms with Crippen LogP contribution in [0.1, 0.15) is 30.9 Å². The van der Waals surface area contributed by atoms with Crippen LogP contribution in [0.2, 0.25) is 0 Å². The van der Waals surface area contributed by atoms with Gasteiger partial charge in [0, 0.05) is 42.3 Å². The summed E-state index contributed by atoms with van der Waals surface area (Å²) in [6.45, 7) is 2.69. The number of nitrogens with two attached hydrogens (primary N) is 1. The predicted octanol–water partition coefficient (Wildman–Crippen LogP) is 2.31. The zero-order chi connectivity index (χ0) is 26.2. The number of para-hydroxylation sites is 2. The molecule has 3 heterocycles. The SMILES string of the molecule is CN[C@H](C)C(=O)N[C@H](Cc1c[nH]c2ccccc12)C(=O)N1CCCC2(Cc3ccccc3N2C(N)=O)C1. The molecule has 5 N–H and O–H groups in total. The van der Waals surface area contributed by atoms with Crippen LogP contribution in [0, 0.1) is 0 Å². The molecular weight excluding hydrogens is 468 g/mol. The number of amides is 4. The number of likely N-dealkylation sites (tertiary alicyclic amines) is 1. The molecule has 2 aliphatic rings. The van der Waals surface area contributed by atoms with Gasteiger partial charge >= 0.3 is 6.03 Å². The number of aromatic nitrogens is 1. The Morgan fingerprint density at radius 1 is 1.14 bits per heavy atom. The molecule has 3 atom stereocenters. The third-order valence-electron chi connectivity index (χ3n) is 7.85. The first kappa shape index (κ1) is 24.8. The van der Waals surface area contributed by atoms with Crippen LogP contribution < -0.4 is 21.3 Å². The number of likely N-dealkylation sites (N-methyl/N-ethyl adjacent to an activating group) is 1. The number of hydrogen-bond acceptors (Lipinski definition) is 4. The summed E-state index contributed by atoms with van der Waals surface area (Å²) < 4.78 is 0. The average Bonchev–Trinajstić information content (AvgIpc) is 3.45. The van der Waals surface area contributed by atoms with E-state index in [1.54, 1.807) is 23.8 Å². The second-order valence-corrected chi connectivity index (χ2v) is 10.2. The Kier molecular flexibility index (Phi) is 6.64. The summed E-state index contributed by atoms with van der Waals surface area (Å²) in [5.41, 5.74) is 9.11. The molecule has 1 unspecified atom stereocenters. The standard InChI is InChI=1S/C28H34N6O3/c1-18(30-2)25(35)32-23(14-20-16-31-22-10-5-4-9-21(20)22)26(36)33-13-7-12-28(17-33)15-19-8-3-6-11-24(19)34(28)27(29)37/h3-6,8-11,16,18,23,30-31H,7,12-15,17H2,1-2H3,(H2,29,37)(H,32,35)/t18-,23-,28?/m1/s1. The van der Waals surface area contributed by atoms with Crippen molar-refractivity contribution in [3.63, 3.8) is 0 Å². The van der Waals surface area contributed by atoms with Gasteiger partial charge in [0.15, 0.2) is 0 Å². The summed E-state index contributed by atoms with van der Waals surface area (Å²) in [4.78, 5) is 46.3. The lowest BCUT2D eigenvalue weighted by molar-refractivity contribution is -0.138. The molecule has 0 bridgehead atoms. The number of anilines is 1. The number of benzene rings is 2. The van der Waals surface area contributed by atoms with Crippen LogP contribution in [0.3, 0.4) is 0 Å². The van der Waals surface area contributed by atoms with Crippen molar-refractivity contribution >= 4 is 34.4 Å². The molecule has 9 nitrogen and oxygen atoms in total. The second kappa shape index (κ2) is 9.89. The topological polar surface area (TPSA) is 124 Å². The fourth-order valence-electron chi connectivity index (χ4n) is 5.92. The van der Waals surface area contributed by atoms with Gasteiger partial charge in [0.2, 0.25) is 11.8 Å². The molecule has 5 rings (SSSR count). The van der Waals surface area contributed by atoms with Crippen LogP contribution >= 0.6 is 0 Å². The molecule has 0 aliphatic carbocycles. The summed E-state index contributed by atoms with van der Waals surface area (Å²) in [5, 5.41) is 6.96. The first-order valence-electron chi connectivity index (χ1n) is 12.8. The Morgan fingerprint density at radius 2 is 1.89 bits per heavy atom. The lowest BCUT2D eigenvalue weighted by Crippen LogP contribution is -2.64. The van der Waals surface area contributed by atoms with E-state index >= 15 is 0 Å². The zero-order valence-electron chi connectivity index (χ0n) is 21.3. The Bertz CT molecular complexity index is 1340. The molecular formula is C28H34N6O3. The van der Waals surface area contributed by atoms with E-state index < -0.39 is 23.7 Å². The van der Waals surface area contributed by atoms with Crippen molar-refractivity contribution in [3.05, 3.63) is 65.9 Å². The van der Waals surface area contributed by atoms with Gasteiger partial charge in [0.25, 0.3) is 0 Å². The minimum Gasteiger partial charge on any atom is -0.361 e. The van der Waals surface area contributed by atoms with Crippen molar-refractivity contribution in [1.29, 1.82) is 0 Å². The van der Waals surface area contributed by atoms with Crippen LogP contribution in [0.4, 0.5) is 10.5 Å². The number of aromatic amines is 1. The highest BCUT2D eigenvalue weighted by Gasteiger charge is 2.49. The Labute approximate surface area is 216 Å². The van der Waals surface area contributed by atoms with Gasteiger partial charge in [-0.05, 0) is 56.5 Å². The number of primary amides is 1. The number of urea groups is 1. The van der Waals surface area contributed by atoms with Gasteiger partial charge in [0.1, 0.15) is 6.04 Å². The summed E-state index contributed by atoms with van der Waals surface area (Å²) in [5.74, 6) is -0.388. The van der Waals surface area contributed by atoms with Crippen LogP contribution in [0.15, 0.2) is 54.7 Å². The van der Waals surface area contributed by atoms with E-state index in [1.807, 2.05) is 54.7 Å². The summed E-state index contributed by atoms with van der Waals surface area (Å²) in [6, 6.07) is 14.0. The quantitative estimate of drug-likeness (QED) is 0.413. The normalized spacial score (nSPS) is 20.6. The number of nitrogens with zero attached hydrogens (tertiary/aromatic N) is 2. The lowest BCUT2D eigenvalue weighted by Gasteiger charge is -2.46. The Hall–Kier alpha value is -3.85. The molecule has 2 aromatic carbocycles. The number of piperidine rings is 1. The molecule has 1 fully saturated rings. The number of fused-ring (bicyclic) bond motifs is 2. The zero-order valence-corrected chi connectivity index (χ0v) is 21.3. The monoisotopic (exact) mass is 502 g/mol. The van der Waals surface area contributed by atoms with Gasteiger partial charge in [-0.1, -0.05) is 36.4 Å². The van der Waals surface area contributed by atoms with E-state index in [1.165, 1.54) is 0 Å². The number of H-pyrrole nitrogens is 1. The third-order valence-corrected chi connectivity index (χ3v) is 7.85. The largest absolute Gasteiger partial charge is 0.361 e. The van der Waals surface area contributed by atoms with Gasteiger partial charge in [-0.2, -0.15) is 0 Å². The highest BCUT2D eigenvalue weighted by atomic mass is 16.2. The summed E-state index contributed by atoms with van der Waals surface area (Å²) >= 11 is 0. The van der Waals surface area contributed by atoms with E-state index in [0.717, 1.165) is 40.6 Å². The fourth-order valence-corrected chi connectivity index (χ4v) is 5.92. The predicted molar refractivity (Wildman–Crippen MR) is 143 cm³/mol. The molecule has 1 saturated heterocycles. The minimum atomic E-state index is -0.747. The average molecular weight is 503 g/mol. The fraction of sp³-hybridized carbons (Fsp3) is 0.393. The van der Waals surface area contributed by atoms with E-state index in [0.29, 0.717) is 25.9 Å². The molecule has 3 aromatic rings. The number of rotatable bonds is 6. The molecule has 1 aromatic heterocycles. The third kappa shape index (κ3) is 4.55. The maximum atomic E-state index is 14.0. The van der Waals surface area contributed by atoms with Crippen molar-refractivity contribution in [2.75, 3.05) is 25.0 Å². The Balaban J connectivity index is 1.43. The molecule has 2 aliphatic heterocycles. The lowest BCUT2D eigenvalue weighted by atomic mass is 9.84. The first-order chi connectivity index (χ1) is 17.8. The van der Waals surface area contributed by atoms with Crippen molar-refractivity contribution in [3.8, 4) is 0 Å². The second-order valence-electron chi connectivity index (χ2n) is 10.2. The number of nitrogens with one attached hydrogen (secondary N) is 3. The molecule has 37 heavy (non-hydrogen) atoms. The number of carbonyl (C=O) groups is 3. The maximum Gasteiger partial charge on any atom is 0.319 e. The molecule has 194 valence electrons. The molecule has 0 radical (unpaired) electrons. The van der Waals surface area contributed by atoms with Crippen LogP contribution in [0.5, 0.6) is 0 Å². The van der Waals surface area contributed by atoms with Gasteiger partial charge in [0.05, 0.1) is 11.6 Å². The van der Waals surface area contributed by atoms with Crippen molar-refractivity contribution in [2.45, 2.75) is 50.2 Å². The maximum absolute atomic E-state index is 14.0. The molecule has 9 heteroatoms. The first-order valence-corrected chi connectivity index (χ1v) is 12.8. The summed E-state index contributed by atoms with van der Waals surface area (Å²) in [6.07, 6.45) is 4.40. The highest BCUT2D eigenvalue weighted by molar-refractivity contribution is 5.96. The van der Waals surface area contributed by atoms with E-state index in [-0.39, 0.29) is 11.8 Å². The van der Waals surface area contributed by atoms with Gasteiger partial charge in [-0.3, -0.25) is 14.5 Å². The van der Waals surface area contributed by atoms with Gasteiger partial charge in [-0.15, -0.1) is 0 Å². The smallest absolute Gasteiger partial charge is 0.319 e. The molecule has 0 saturated carbocycles. The van der Waals surface area contributed by atoms with E-state index in [2.05, 4.69) is 15.6 Å². The highest BCUT2D eigenvalue weighted by Crippen LogP contribution is 2.43.